The third kappa shape index (κ3) is 2.87. The molecule has 0 saturated carbocycles. The molecule has 0 amide bonds. The summed E-state index contributed by atoms with van der Waals surface area (Å²) in [5, 5.41) is 3.45. The second-order valence-electron chi connectivity index (χ2n) is 2.96. The van der Waals surface area contributed by atoms with E-state index < -0.39 is 0 Å². The van der Waals surface area contributed by atoms with Crippen molar-refractivity contribution in [2.45, 2.75) is 19.4 Å². The number of nitrogens with zero attached hydrogens (tertiary/aromatic N) is 1. The molecule has 0 aromatic rings. The van der Waals surface area contributed by atoms with Gasteiger partial charge in [-0.3, -0.25) is 4.90 Å². The van der Waals surface area contributed by atoms with Crippen LogP contribution in [0.3, 0.4) is 0 Å². The van der Waals surface area contributed by atoms with Gasteiger partial charge in [-0.2, -0.15) is 0 Å². The minimum absolute atomic E-state index is 0.836. The van der Waals surface area contributed by atoms with Gasteiger partial charge in [0.15, 0.2) is 0 Å². The van der Waals surface area contributed by atoms with E-state index in [1.54, 1.807) is 0 Å². The third-order valence-electron chi connectivity index (χ3n) is 2.32. The monoisotopic (exact) mass is 268 g/mol. The molecule has 1 rings (SSSR count). The van der Waals surface area contributed by atoms with E-state index in [-0.39, 0.29) is 0 Å². The highest BCUT2D eigenvalue weighted by Crippen LogP contribution is 2.14. The van der Waals surface area contributed by atoms with E-state index in [2.05, 4.69) is 39.7 Å². The van der Waals surface area contributed by atoms with Gasteiger partial charge in [0.2, 0.25) is 0 Å². The van der Waals surface area contributed by atoms with Crippen molar-refractivity contribution in [2.24, 2.45) is 0 Å². The highest BCUT2D eigenvalue weighted by Gasteiger charge is 2.24. The molecule has 1 heterocycles. The SMILES string of the molecule is CCN1CCC1CNCCI. The zero-order chi connectivity index (χ0) is 8.10. The van der Waals surface area contributed by atoms with Gasteiger partial charge >= 0.3 is 0 Å². The van der Waals surface area contributed by atoms with E-state index >= 15 is 0 Å². The molecule has 0 spiro atoms. The molecule has 66 valence electrons. The fraction of sp³-hybridized carbons (Fsp3) is 1.00. The lowest BCUT2D eigenvalue weighted by molar-refractivity contribution is 0.0977. The number of halogens is 1. The molecule has 1 aliphatic heterocycles. The molecule has 3 heteroatoms. The minimum atomic E-state index is 0.836. The third-order valence-corrected chi connectivity index (χ3v) is 2.86. The van der Waals surface area contributed by atoms with Crippen LogP contribution in [0, 0.1) is 0 Å². The maximum Gasteiger partial charge on any atom is 0.0232 e. The quantitative estimate of drug-likeness (QED) is 0.456. The van der Waals surface area contributed by atoms with Crippen LogP contribution in [0.2, 0.25) is 0 Å². The zero-order valence-corrected chi connectivity index (χ0v) is 9.30. The van der Waals surface area contributed by atoms with Crippen molar-refractivity contribution in [3.63, 3.8) is 0 Å². The van der Waals surface area contributed by atoms with E-state index in [9.17, 15) is 0 Å². The van der Waals surface area contributed by atoms with E-state index in [1.165, 1.54) is 30.5 Å². The van der Waals surface area contributed by atoms with Crippen molar-refractivity contribution in [3.05, 3.63) is 0 Å². The van der Waals surface area contributed by atoms with E-state index in [1.807, 2.05) is 0 Å². The first-order chi connectivity index (χ1) is 5.38. The second kappa shape index (κ2) is 5.32. The molecule has 1 saturated heterocycles. The molecular weight excluding hydrogens is 251 g/mol. The number of likely N-dealkylation sites (tertiary alicyclic amines) is 1. The van der Waals surface area contributed by atoms with E-state index in [0.29, 0.717) is 0 Å². The fourth-order valence-corrected chi connectivity index (χ4v) is 1.86. The first kappa shape index (κ1) is 9.74. The van der Waals surface area contributed by atoms with Gasteiger partial charge < -0.3 is 5.32 Å². The zero-order valence-electron chi connectivity index (χ0n) is 7.15. The Hall–Kier alpha value is 0.650. The lowest BCUT2D eigenvalue weighted by atomic mass is 10.0. The molecular formula is C8H17IN2. The predicted octanol–water partition coefficient (Wildman–Crippen LogP) is 1.11. The van der Waals surface area contributed by atoms with Gasteiger partial charge in [0, 0.05) is 30.1 Å². The molecule has 1 atom stereocenters. The average Bonchev–Trinajstić information content (AvgIpc) is 1.97. The Morgan fingerprint density at radius 2 is 2.45 bits per heavy atom. The standard InChI is InChI=1S/C8H17IN2/c1-2-11-6-3-8(11)7-10-5-4-9/h8,10H,2-7H2,1H3. The van der Waals surface area contributed by atoms with Gasteiger partial charge in [-0.15, -0.1) is 0 Å². The summed E-state index contributed by atoms with van der Waals surface area (Å²) < 4.78 is 1.22. The summed E-state index contributed by atoms with van der Waals surface area (Å²) >= 11 is 2.40. The Morgan fingerprint density at radius 3 is 2.91 bits per heavy atom. The minimum Gasteiger partial charge on any atom is -0.314 e. The molecule has 1 aliphatic rings. The second-order valence-corrected chi connectivity index (χ2v) is 4.04. The Balaban J connectivity index is 1.98. The molecule has 1 unspecified atom stereocenters. The maximum absolute atomic E-state index is 3.45. The summed E-state index contributed by atoms with van der Waals surface area (Å²) in [6, 6.07) is 0.836. The average molecular weight is 268 g/mol. The summed E-state index contributed by atoms with van der Waals surface area (Å²) in [4.78, 5) is 2.53. The van der Waals surface area contributed by atoms with Gasteiger partial charge in [0.1, 0.15) is 0 Å². The number of alkyl halides is 1. The lowest BCUT2D eigenvalue weighted by Gasteiger charge is -2.40. The van der Waals surface area contributed by atoms with Gasteiger partial charge in [-0.1, -0.05) is 29.5 Å². The van der Waals surface area contributed by atoms with E-state index in [0.717, 1.165) is 12.6 Å². The Kier molecular flexibility index (Phi) is 4.71. The summed E-state index contributed by atoms with van der Waals surface area (Å²) in [7, 11) is 0. The largest absolute Gasteiger partial charge is 0.314 e. The Labute approximate surface area is 82.9 Å². The van der Waals surface area contributed by atoms with Gasteiger partial charge in [0.05, 0.1) is 0 Å². The molecule has 2 nitrogen and oxygen atoms in total. The van der Waals surface area contributed by atoms with Crippen LogP contribution in [0.1, 0.15) is 13.3 Å². The Morgan fingerprint density at radius 1 is 1.64 bits per heavy atom. The maximum atomic E-state index is 3.45. The Bertz CT molecular complexity index is 106. The van der Waals surface area contributed by atoms with Crippen LogP contribution in [-0.2, 0) is 0 Å². The first-order valence-corrected chi connectivity index (χ1v) is 5.91. The van der Waals surface area contributed by atoms with Crippen molar-refractivity contribution in [3.8, 4) is 0 Å². The van der Waals surface area contributed by atoms with Crippen molar-refractivity contribution in [2.75, 3.05) is 30.6 Å². The molecule has 0 radical (unpaired) electrons. The van der Waals surface area contributed by atoms with Crippen molar-refractivity contribution >= 4 is 22.6 Å². The number of hydrogen-bond acceptors (Lipinski definition) is 2. The molecule has 11 heavy (non-hydrogen) atoms. The normalized spacial score (nSPS) is 25.1. The topological polar surface area (TPSA) is 15.3 Å². The van der Waals surface area contributed by atoms with E-state index in [4.69, 9.17) is 0 Å². The first-order valence-electron chi connectivity index (χ1n) is 4.39. The number of nitrogens with one attached hydrogen (secondary N) is 1. The lowest BCUT2D eigenvalue weighted by Crippen LogP contribution is -2.52. The molecule has 0 aliphatic carbocycles. The molecule has 1 fully saturated rings. The predicted molar refractivity (Wildman–Crippen MR) is 57.4 cm³/mol. The van der Waals surface area contributed by atoms with Crippen LogP contribution >= 0.6 is 22.6 Å². The summed E-state index contributed by atoms with van der Waals surface area (Å²) in [6.07, 6.45) is 1.39. The molecule has 0 aromatic heterocycles. The van der Waals surface area contributed by atoms with Crippen molar-refractivity contribution < 1.29 is 0 Å². The van der Waals surface area contributed by atoms with Gasteiger partial charge in [-0.25, -0.2) is 0 Å². The summed E-state index contributed by atoms with van der Waals surface area (Å²) in [5.41, 5.74) is 0. The number of hydrogen-bond donors (Lipinski definition) is 1. The smallest absolute Gasteiger partial charge is 0.0232 e. The summed E-state index contributed by atoms with van der Waals surface area (Å²) in [6.45, 7) is 7.12. The highest BCUT2D eigenvalue weighted by atomic mass is 127. The van der Waals surface area contributed by atoms with Crippen LogP contribution in [0.5, 0.6) is 0 Å². The van der Waals surface area contributed by atoms with Crippen LogP contribution in [0.15, 0.2) is 0 Å². The molecule has 0 aromatic carbocycles. The van der Waals surface area contributed by atoms with Gasteiger partial charge in [-0.05, 0) is 13.0 Å². The van der Waals surface area contributed by atoms with Crippen molar-refractivity contribution in [1.29, 1.82) is 0 Å². The van der Waals surface area contributed by atoms with Crippen LogP contribution in [0.4, 0.5) is 0 Å². The fourth-order valence-electron chi connectivity index (χ4n) is 1.48. The van der Waals surface area contributed by atoms with Crippen LogP contribution in [0.25, 0.3) is 0 Å². The van der Waals surface area contributed by atoms with Crippen molar-refractivity contribution in [1.82, 2.24) is 10.2 Å². The summed E-state index contributed by atoms with van der Waals surface area (Å²) in [5.74, 6) is 0. The van der Waals surface area contributed by atoms with Gasteiger partial charge in [0.25, 0.3) is 0 Å². The van der Waals surface area contributed by atoms with Crippen LogP contribution < -0.4 is 5.32 Å². The van der Waals surface area contributed by atoms with Crippen LogP contribution in [-0.4, -0.2) is 41.5 Å². The molecule has 1 N–H and O–H groups in total. The number of likely N-dealkylation sites (N-methyl/N-ethyl adjacent to an activating group) is 1. The highest BCUT2D eigenvalue weighted by molar-refractivity contribution is 14.1. The number of rotatable bonds is 5. The molecule has 0 bridgehead atoms.